The summed E-state index contributed by atoms with van der Waals surface area (Å²) in [5, 5.41) is 0. The smallest absolute Gasteiger partial charge is 0.0295 e. The fraction of sp³-hybridized carbons (Fsp3) is 0.167. The highest BCUT2D eigenvalue weighted by atomic mass is 14.6. The Morgan fingerprint density at radius 2 is 2.07 bits per heavy atom. The maximum absolute atomic E-state index is 3.98. The highest BCUT2D eigenvalue weighted by Gasteiger charge is 2.01. The van der Waals surface area contributed by atoms with E-state index in [0.29, 0.717) is 0 Å². The molecule has 0 unspecified atom stereocenters. The van der Waals surface area contributed by atoms with Crippen LogP contribution in [0.5, 0.6) is 0 Å². The van der Waals surface area contributed by atoms with Crippen LogP contribution in [0.4, 0.5) is 0 Å². The molecular formula is C12H14N2. The van der Waals surface area contributed by atoms with Crippen LogP contribution in [0.25, 0.3) is 5.57 Å². The zero-order valence-electron chi connectivity index (χ0n) is 8.57. The zero-order chi connectivity index (χ0) is 10.4. The van der Waals surface area contributed by atoms with Gasteiger partial charge in [0.15, 0.2) is 0 Å². The SMILES string of the molecule is C=N/C=C(C)\C(=C/C)c1ccncc1. The van der Waals surface area contributed by atoms with E-state index in [4.69, 9.17) is 0 Å². The van der Waals surface area contributed by atoms with Crippen molar-refractivity contribution in [3.8, 4) is 0 Å². The van der Waals surface area contributed by atoms with E-state index in [9.17, 15) is 0 Å². The number of pyridine rings is 1. The van der Waals surface area contributed by atoms with Gasteiger partial charge in [0.2, 0.25) is 0 Å². The molecular weight excluding hydrogens is 172 g/mol. The molecule has 0 aromatic carbocycles. The van der Waals surface area contributed by atoms with Gasteiger partial charge in [-0.2, -0.15) is 0 Å². The lowest BCUT2D eigenvalue weighted by Gasteiger charge is -2.06. The average Bonchev–Trinajstić information content (AvgIpc) is 2.21. The Labute approximate surface area is 84.7 Å². The fourth-order valence-electron chi connectivity index (χ4n) is 1.36. The molecule has 1 heterocycles. The molecule has 1 aromatic heterocycles. The molecule has 0 aliphatic heterocycles. The maximum atomic E-state index is 3.98. The summed E-state index contributed by atoms with van der Waals surface area (Å²) >= 11 is 0. The first-order chi connectivity index (χ1) is 6.79. The molecule has 0 aliphatic rings. The number of rotatable bonds is 3. The van der Waals surface area contributed by atoms with Crippen molar-refractivity contribution in [1.29, 1.82) is 0 Å². The van der Waals surface area contributed by atoms with Gasteiger partial charge in [0, 0.05) is 18.6 Å². The van der Waals surface area contributed by atoms with Crippen LogP contribution in [0.3, 0.4) is 0 Å². The lowest BCUT2D eigenvalue weighted by Crippen LogP contribution is -1.86. The normalized spacial score (nSPS) is 12.7. The number of nitrogens with zero attached hydrogens (tertiary/aromatic N) is 2. The van der Waals surface area contributed by atoms with Gasteiger partial charge in [-0.3, -0.25) is 9.98 Å². The van der Waals surface area contributed by atoms with E-state index >= 15 is 0 Å². The minimum atomic E-state index is 1.11. The fourth-order valence-corrected chi connectivity index (χ4v) is 1.36. The van der Waals surface area contributed by atoms with E-state index in [1.807, 2.05) is 26.0 Å². The van der Waals surface area contributed by atoms with Crippen LogP contribution in [-0.4, -0.2) is 11.7 Å². The van der Waals surface area contributed by atoms with E-state index in [-0.39, 0.29) is 0 Å². The van der Waals surface area contributed by atoms with E-state index in [1.54, 1.807) is 18.6 Å². The molecule has 0 saturated heterocycles. The summed E-state index contributed by atoms with van der Waals surface area (Å²) in [5.41, 5.74) is 3.42. The summed E-state index contributed by atoms with van der Waals surface area (Å²) in [5.74, 6) is 0. The van der Waals surface area contributed by atoms with Crippen LogP contribution in [-0.2, 0) is 0 Å². The van der Waals surface area contributed by atoms with Gasteiger partial charge in [0.05, 0.1) is 0 Å². The third-order valence-corrected chi connectivity index (χ3v) is 1.99. The average molecular weight is 186 g/mol. The van der Waals surface area contributed by atoms with Crippen molar-refractivity contribution in [2.75, 3.05) is 0 Å². The van der Waals surface area contributed by atoms with Crippen molar-refractivity contribution in [3.63, 3.8) is 0 Å². The van der Waals surface area contributed by atoms with Crippen LogP contribution in [0, 0.1) is 0 Å². The molecule has 0 radical (unpaired) electrons. The highest BCUT2D eigenvalue weighted by Crippen LogP contribution is 2.21. The summed E-state index contributed by atoms with van der Waals surface area (Å²) in [7, 11) is 0. The Kier molecular flexibility index (Phi) is 3.80. The van der Waals surface area contributed by atoms with Crippen LogP contribution in [0.15, 0.2) is 47.4 Å². The molecule has 0 bridgehead atoms. The van der Waals surface area contributed by atoms with Gasteiger partial charge in [-0.05, 0) is 49.4 Å². The Hall–Kier alpha value is -1.70. The van der Waals surface area contributed by atoms with Gasteiger partial charge in [0.1, 0.15) is 0 Å². The van der Waals surface area contributed by atoms with Crippen molar-refractivity contribution in [2.24, 2.45) is 4.99 Å². The highest BCUT2D eigenvalue weighted by molar-refractivity contribution is 5.77. The topological polar surface area (TPSA) is 25.2 Å². The minimum absolute atomic E-state index is 1.11. The molecule has 2 heteroatoms. The van der Waals surface area contributed by atoms with Crippen molar-refractivity contribution in [2.45, 2.75) is 13.8 Å². The molecule has 0 fully saturated rings. The largest absolute Gasteiger partial charge is 0.272 e. The molecule has 1 aromatic rings. The first-order valence-electron chi connectivity index (χ1n) is 4.49. The first-order valence-corrected chi connectivity index (χ1v) is 4.49. The van der Waals surface area contributed by atoms with Gasteiger partial charge in [-0.15, -0.1) is 0 Å². The summed E-state index contributed by atoms with van der Waals surface area (Å²) in [4.78, 5) is 7.75. The van der Waals surface area contributed by atoms with Crippen LogP contribution in [0.2, 0.25) is 0 Å². The van der Waals surface area contributed by atoms with Gasteiger partial charge < -0.3 is 0 Å². The second-order valence-corrected chi connectivity index (χ2v) is 2.93. The summed E-state index contributed by atoms with van der Waals surface area (Å²) in [6.07, 6.45) is 7.39. The molecule has 1 rings (SSSR count). The van der Waals surface area contributed by atoms with Crippen LogP contribution in [0.1, 0.15) is 19.4 Å². The van der Waals surface area contributed by atoms with Gasteiger partial charge >= 0.3 is 0 Å². The Bertz CT molecular complexity index is 361. The maximum Gasteiger partial charge on any atom is 0.0295 e. The van der Waals surface area contributed by atoms with Gasteiger partial charge in [0.25, 0.3) is 0 Å². The Morgan fingerprint density at radius 3 is 2.57 bits per heavy atom. The molecule has 0 amide bonds. The van der Waals surface area contributed by atoms with Crippen LogP contribution >= 0.6 is 0 Å². The molecule has 14 heavy (non-hydrogen) atoms. The van der Waals surface area contributed by atoms with Crippen molar-refractivity contribution in [3.05, 3.63) is 47.9 Å². The molecule has 0 saturated carbocycles. The van der Waals surface area contributed by atoms with E-state index in [2.05, 4.69) is 22.8 Å². The molecule has 0 aliphatic carbocycles. The second kappa shape index (κ2) is 5.12. The van der Waals surface area contributed by atoms with Crippen molar-refractivity contribution < 1.29 is 0 Å². The van der Waals surface area contributed by atoms with Gasteiger partial charge in [-0.1, -0.05) is 6.08 Å². The number of aromatic nitrogens is 1. The Morgan fingerprint density at radius 1 is 1.43 bits per heavy atom. The summed E-state index contributed by atoms with van der Waals surface area (Å²) in [6, 6.07) is 3.96. The van der Waals surface area contributed by atoms with Crippen molar-refractivity contribution >= 4 is 12.3 Å². The third-order valence-electron chi connectivity index (χ3n) is 1.99. The summed E-state index contributed by atoms with van der Waals surface area (Å²) in [6.45, 7) is 7.47. The van der Waals surface area contributed by atoms with E-state index < -0.39 is 0 Å². The lowest BCUT2D eigenvalue weighted by atomic mass is 10.0. The summed E-state index contributed by atoms with van der Waals surface area (Å²) < 4.78 is 0. The number of hydrogen-bond acceptors (Lipinski definition) is 2. The third kappa shape index (κ3) is 2.39. The molecule has 0 spiro atoms. The number of aliphatic imine (C=N–C) groups is 1. The zero-order valence-corrected chi connectivity index (χ0v) is 8.57. The van der Waals surface area contributed by atoms with E-state index in [1.165, 1.54) is 5.57 Å². The minimum Gasteiger partial charge on any atom is -0.272 e. The monoisotopic (exact) mass is 186 g/mol. The van der Waals surface area contributed by atoms with E-state index in [0.717, 1.165) is 11.1 Å². The molecule has 72 valence electrons. The predicted molar refractivity (Wildman–Crippen MR) is 61.2 cm³/mol. The van der Waals surface area contributed by atoms with Crippen molar-refractivity contribution in [1.82, 2.24) is 4.98 Å². The molecule has 2 nitrogen and oxygen atoms in total. The van der Waals surface area contributed by atoms with Crippen LogP contribution < -0.4 is 0 Å². The number of allylic oxidation sites excluding steroid dienone is 3. The number of hydrogen-bond donors (Lipinski definition) is 0. The quantitative estimate of drug-likeness (QED) is 0.526. The standard InChI is InChI=1S/C12H14N2/c1-4-12(10(2)9-13-3)11-5-7-14-8-6-11/h4-9H,3H2,1-2H3/b10-9-,12-4+. The Balaban J connectivity index is 3.07. The second-order valence-electron chi connectivity index (χ2n) is 2.93. The lowest BCUT2D eigenvalue weighted by molar-refractivity contribution is 1.31. The molecule has 0 N–H and O–H groups in total. The first kappa shape index (κ1) is 10.4. The predicted octanol–water partition coefficient (Wildman–Crippen LogP) is 3.09. The van der Waals surface area contributed by atoms with Gasteiger partial charge in [-0.25, -0.2) is 0 Å². The molecule has 0 atom stereocenters.